The van der Waals surface area contributed by atoms with Crippen molar-refractivity contribution in [3.8, 4) is 0 Å². The van der Waals surface area contributed by atoms with E-state index in [2.05, 4.69) is 24.1 Å². The van der Waals surface area contributed by atoms with Crippen LogP contribution in [0, 0.1) is 11.8 Å². The summed E-state index contributed by atoms with van der Waals surface area (Å²) in [6, 6.07) is 10.3. The number of hydrogen-bond acceptors (Lipinski definition) is 5. The van der Waals surface area contributed by atoms with Gasteiger partial charge < -0.3 is 5.32 Å². The Bertz CT molecular complexity index is 908. The molecule has 2 aromatic rings. The Morgan fingerprint density at radius 2 is 1.86 bits per heavy atom. The van der Waals surface area contributed by atoms with Gasteiger partial charge in [-0.25, -0.2) is 8.42 Å². The number of carbonyl (C=O) groups excluding carboxylic acids is 1. The predicted octanol–water partition coefficient (Wildman–Crippen LogP) is 3.62. The first-order chi connectivity index (χ1) is 13.8. The summed E-state index contributed by atoms with van der Waals surface area (Å²) in [7, 11) is -3.51. The van der Waals surface area contributed by atoms with Crippen LogP contribution in [0.15, 0.2) is 53.7 Å². The lowest BCUT2D eigenvalue weighted by molar-refractivity contribution is -0.113. The smallest absolute Gasteiger partial charge is 0.243 e. The monoisotopic (exact) mass is 433 g/mol. The van der Waals surface area contributed by atoms with Gasteiger partial charge in [0.1, 0.15) is 0 Å². The minimum atomic E-state index is -3.51. The maximum absolute atomic E-state index is 12.9. The zero-order valence-corrected chi connectivity index (χ0v) is 18.4. The quantitative estimate of drug-likeness (QED) is 0.721. The van der Waals surface area contributed by atoms with E-state index in [0.717, 1.165) is 12.0 Å². The average Bonchev–Trinajstić information content (AvgIpc) is 2.68. The normalized spacial score (nSPS) is 20.3. The Morgan fingerprint density at radius 3 is 2.48 bits per heavy atom. The number of nitrogens with one attached hydrogen (secondary N) is 1. The van der Waals surface area contributed by atoms with Crippen molar-refractivity contribution in [2.75, 3.05) is 24.2 Å². The first kappa shape index (κ1) is 21.8. The van der Waals surface area contributed by atoms with Crippen LogP contribution in [0.3, 0.4) is 0 Å². The van der Waals surface area contributed by atoms with Crippen molar-refractivity contribution in [1.29, 1.82) is 0 Å². The van der Waals surface area contributed by atoms with Gasteiger partial charge in [-0.05, 0) is 54.2 Å². The molecule has 1 saturated heterocycles. The fourth-order valence-corrected chi connectivity index (χ4v) is 6.05. The molecule has 0 spiro atoms. The van der Waals surface area contributed by atoms with E-state index in [0.29, 0.717) is 42.1 Å². The molecule has 1 N–H and O–H groups in total. The van der Waals surface area contributed by atoms with Crippen LogP contribution in [-0.4, -0.2) is 42.5 Å². The van der Waals surface area contributed by atoms with Crippen molar-refractivity contribution in [3.05, 3.63) is 54.4 Å². The van der Waals surface area contributed by atoms with Gasteiger partial charge in [0, 0.05) is 36.9 Å². The average molecular weight is 434 g/mol. The third-order valence-corrected chi connectivity index (χ3v) is 7.69. The van der Waals surface area contributed by atoms with Crippen LogP contribution in [-0.2, 0) is 20.6 Å². The second-order valence-electron chi connectivity index (χ2n) is 7.69. The molecule has 1 aliphatic rings. The number of carbonyl (C=O) groups is 1. The Morgan fingerprint density at radius 1 is 1.17 bits per heavy atom. The first-order valence-corrected chi connectivity index (χ1v) is 12.3. The maximum Gasteiger partial charge on any atom is 0.243 e. The molecule has 1 aliphatic heterocycles. The maximum atomic E-state index is 12.9. The highest BCUT2D eigenvalue weighted by molar-refractivity contribution is 7.99. The number of amides is 1. The van der Waals surface area contributed by atoms with Crippen molar-refractivity contribution in [2.45, 2.75) is 30.9 Å². The minimum absolute atomic E-state index is 0.117. The Balaban J connectivity index is 1.54. The van der Waals surface area contributed by atoms with Crippen molar-refractivity contribution >= 4 is 33.4 Å². The van der Waals surface area contributed by atoms with Gasteiger partial charge in [0.15, 0.2) is 0 Å². The van der Waals surface area contributed by atoms with E-state index in [1.807, 2.05) is 12.1 Å². The fraction of sp³-hybridized carbons (Fsp3) is 0.429. The highest BCUT2D eigenvalue weighted by atomic mass is 32.2. The SMILES string of the molecule is CC1CC(C)CN(S(=O)(=O)c2ccc(NC(=O)CSCc3cccnc3)cc2)C1. The van der Waals surface area contributed by atoms with Gasteiger partial charge in [0.2, 0.25) is 15.9 Å². The second-order valence-corrected chi connectivity index (χ2v) is 10.6. The summed E-state index contributed by atoms with van der Waals surface area (Å²) < 4.78 is 27.4. The van der Waals surface area contributed by atoms with Gasteiger partial charge in [0.05, 0.1) is 10.6 Å². The van der Waals surface area contributed by atoms with E-state index >= 15 is 0 Å². The third kappa shape index (κ3) is 6.04. The number of anilines is 1. The number of benzene rings is 1. The number of hydrogen-bond donors (Lipinski definition) is 1. The van der Waals surface area contributed by atoms with Gasteiger partial charge in [-0.3, -0.25) is 9.78 Å². The molecule has 0 saturated carbocycles. The largest absolute Gasteiger partial charge is 0.325 e. The van der Waals surface area contributed by atoms with Crippen molar-refractivity contribution in [2.24, 2.45) is 11.8 Å². The number of sulfonamides is 1. The van der Waals surface area contributed by atoms with Crippen molar-refractivity contribution in [1.82, 2.24) is 9.29 Å². The molecule has 2 atom stereocenters. The number of piperidine rings is 1. The van der Waals surface area contributed by atoms with Gasteiger partial charge in [-0.15, -0.1) is 11.8 Å². The highest BCUT2D eigenvalue weighted by Gasteiger charge is 2.31. The molecule has 1 aromatic heterocycles. The Hall–Kier alpha value is -1.90. The highest BCUT2D eigenvalue weighted by Crippen LogP contribution is 2.27. The molecule has 0 aliphatic carbocycles. The molecule has 156 valence electrons. The van der Waals surface area contributed by atoms with Crippen LogP contribution in [0.1, 0.15) is 25.8 Å². The van der Waals surface area contributed by atoms with Crippen LogP contribution in [0.5, 0.6) is 0 Å². The van der Waals surface area contributed by atoms with Crippen LogP contribution in [0.2, 0.25) is 0 Å². The van der Waals surface area contributed by atoms with E-state index in [-0.39, 0.29) is 10.8 Å². The molecule has 3 rings (SSSR count). The molecular formula is C21H27N3O3S2. The minimum Gasteiger partial charge on any atom is -0.325 e. The first-order valence-electron chi connectivity index (χ1n) is 9.71. The van der Waals surface area contributed by atoms with E-state index in [1.54, 1.807) is 41.0 Å². The summed E-state index contributed by atoms with van der Waals surface area (Å²) >= 11 is 1.51. The molecule has 1 fully saturated rings. The molecule has 0 bridgehead atoms. The van der Waals surface area contributed by atoms with Crippen LogP contribution < -0.4 is 5.32 Å². The van der Waals surface area contributed by atoms with E-state index in [9.17, 15) is 13.2 Å². The zero-order valence-electron chi connectivity index (χ0n) is 16.7. The van der Waals surface area contributed by atoms with E-state index in [1.165, 1.54) is 11.8 Å². The fourth-order valence-electron chi connectivity index (χ4n) is 3.60. The summed E-state index contributed by atoms with van der Waals surface area (Å²) in [4.78, 5) is 16.5. The van der Waals surface area contributed by atoms with Crippen molar-refractivity contribution < 1.29 is 13.2 Å². The van der Waals surface area contributed by atoms with Gasteiger partial charge in [-0.2, -0.15) is 4.31 Å². The van der Waals surface area contributed by atoms with E-state index < -0.39 is 10.0 Å². The molecule has 1 aromatic carbocycles. The molecule has 2 heterocycles. The van der Waals surface area contributed by atoms with Crippen molar-refractivity contribution in [3.63, 3.8) is 0 Å². The van der Waals surface area contributed by atoms with Crippen LogP contribution in [0.25, 0.3) is 0 Å². The molecule has 8 heteroatoms. The standard InChI is InChI=1S/C21H27N3O3S2/c1-16-10-17(2)13-24(12-16)29(26,27)20-7-5-19(6-8-20)23-21(25)15-28-14-18-4-3-9-22-11-18/h3-9,11,16-17H,10,12-15H2,1-2H3,(H,23,25). The molecule has 6 nitrogen and oxygen atoms in total. The summed E-state index contributed by atoms with van der Waals surface area (Å²) in [6.07, 6.45) is 4.56. The molecule has 1 amide bonds. The predicted molar refractivity (Wildman–Crippen MR) is 117 cm³/mol. The number of thioether (sulfide) groups is 1. The molecular weight excluding hydrogens is 406 g/mol. The van der Waals surface area contributed by atoms with Gasteiger partial charge in [-0.1, -0.05) is 19.9 Å². The summed E-state index contributed by atoms with van der Waals surface area (Å²) in [5.74, 6) is 1.63. The summed E-state index contributed by atoms with van der Waals surface area (Å²) in [5.41, 5.74) is 1.66. The second kappa shape index (κ2) is 9.73. The third-order valence-electron chi connectivity index (χ3n) is 4.84. The molecule has 2 unspecified atom stereocenters. The molecule has 29 heavy (non-hydrogen) atoms. The van der Waals surface area contributed by atoms with Crippen LogP contribution >= 0.6 is 11.8 Å². The van der Waals surface area contributed by atoms with E-state index in [4.69, 9.17) is 0 Å². The van der Waals surface area contributed by atoms with Crippen LogP contribution in [0.4, 0.5) is 5.69 Å². The lowest BCUT2D eigenvalue weighted by Gasteiger charge is -2.34. The topological polar surface area (TPSA) is 79.4 Å². The number of aromatic nitrogens is 1. The molecule has 0 radical (unpaired) electrons. The number of rotatable bonds is 7. The lowest BCUT2D eigenvalue weighted by atomic mass is 9.94. The summed E-state index contributed by atoms with van der Waals surface area (Å²) in [5, 5.41) is 2.82. The number of pyridine rings is 1. The lowest BCUT2D eigenvalue weighted by Crippen LogP contribution is -2.42. The zero-order chi connectivity index (χ0) is 20.9. The van der Waals surface area contributed by atoms with Gasteiger partial charge >= 0.3 is 0 Å². The summed E-state index contributed by atoms with van der Waals surface area (Å²) in [6.45, 7) is 5.28. The Labute approximate surface area is 177 Å². The number of nitrogens with zero attached hydrogens (tertiary/aromatic N) is 2. The Kier molecular flexibility index (Phi) is 7.32. The van der Waals surface area contributed by atoms with Gasteiger partial charge in [0.25, 0.3) is 0 Å².